The van der Waals surface area contributed by atoms with E-state index in [0.717, 1.165) is 19.0 Å². The van der Waals surface area contributed by atoms with Gasteiger partial charge in [0.15, 0.2) is 0 Å². The van der Waals surface area contributed by atoms with Gasteiger partial charge in [0.2, 0.25) is 0 Å². The van der Waals surface area contributed by atoms with Crippen LogP contribution in [0.2, 0.25) is 0 Å². The Labute approximate surface area is 97.9 Å². The first-order valence-electron chi connectivity index (χ1n) is 6.20. The van der Waals surface area contributed by atoms with Crippen LogP contribution in [0.25, 0.3) is 0 Å². The van der Waals surface area contributed by atoms with Crippen molar-refractivity contribution in [3.63, 3.8) is 0 Å². The van der Waals surface area contributed by atoms with E-state index in [2.05, 4.69) is 34.3 Å². The monoisotopic (exact) mass is 219 g/mol. The number of hydrogen-bond acceptors (Lipinski definition) is 3. The fourth-order valence-electron chi connectivity index (χ4n) is 2.01. The van der Waals surface area contributed by atoms with Gasteiger partial charge in [0.25, 0.3) is 0 Å². The van der Waals surface area contributed by atoms with E-state index in [0.29, 0.717) is 0 Å². The number of rotatable bonds is 6. The molecule has 1 aromatic rings. The van der Waals surface area contributed by atoms with Gasteiger partial charge < -0.3 is 5.32 Å². The molecule has 1 aromatic heterocycles. The second-order valence-corrected chi connectivity index (χ2v) is 4.54. The average molecular weight is 219 g/mol. The Bertz CT molecular complexity index is 295. The number of nitrogens with one attached hydrogen (secondary N) is 1. The van der Waals surface area contributed by atoms with Crippen molar-refractivity contribution in [1.82, 2.24) is 15.2 Å². The van der Waals surface area contributed by atoms with Crippen LogP contribution in [0.4, 0.5) is 0 Å². The van der Waals surface area contributed by atoms with Crippen LogP contribution in [-0.2, 0) is 6.54 Å². The molecule has 16 heavy (non-hydrogen) atoms. The second kappa shape index (κ2) is 5.97. The maximum Gasteiger partial charge on any atom is 0.0271 e. The molecule has 2 heterocycles. The third-order valence-corrected chi connectivity index (χ3v) is 3.32. The number of aromatic nitrogens is 1. The molecule has 0 amide bonds. The third-order valence-electron chi connectivity index (χ3n) is 3.32. The third kappa shape index (κ3) is 3.29. The van der Waals surface area contributed by atoms with E-state index in [4.69, 9.17) is 0 Å². The Balaban J connectivity index is 1.76. The summed E-state index contributed by atoms with van der Waals surface area (Å²) in [4.78, 5) is 6.56. The predicted octanol–water partition coefficient (Wildman–Crippen LogP) is 1.51. The molecule has 2 rings (SSSR count). The molecule has 0 unspecified atom stereocenters. The van der Waals surface area contributed by atoms with Gasteiger partial charge in [-0.1, -0.05) is 6.92 Å². The standard InChI is InChI=1S/C13H21N3/c1-2-16(8-5-13-9-15-10-13)11-12-3-6-14-7-4-12/h3-4,6-7,13,15H,2,5,8-11H2,1H3. The highest BCUT2D eigenvalue weighted by molar-refractivity contribution is 5.09. The molecule has 0 radical (unpaired) electrons. The van der Waals surface area contributed by atoms with E-state index in [1.807, 2.05) is 12.4 Å². The minimum Gasteiger partial charge on any atom is -0.316 e. The molecule has 0 aliphatic carbocycles. The lowest BCUT2D eigenvalue weighted by molar-refractivity contribution is 0.228. The fraction of sp³-hybridized carbons (Fsp3) is 0.615. The first kappa shape index (κ1) is 11.6. The Morgan fingerprint density at radius 3 is 2.69 bits per heavy atom. The first-order valence-corrected chi connectivity index (χ1v) is 6.20. The Morgan fingerprint density at radius 1 is 1.38 bits per heavy atom. The van der Waals surface area contributed by atoms with Crippen LogP contribution < -0.4 is 5.32 Å². The first-order chi connectivity index (χ1) is 7.88. The SMILES string of the molecule is CCN(CCC1CNC1)Cc1ccncc1. The van der Waals surface area contributed by atoms with Crippen LogP contribution in [0.1, 0.15) is 18.9 Å². The largest absolute Gasteiger partial charge is 0.316 e. The Hall–Kier alpha value is -0.930. The number of nitrogens with zero attached hydrogens (tertiary/aromatic N) is 2. The molecule has 0 aromatic carbocycles. The van der Waals surface area contributed by atoms with Crippen LogP contribution >= 0.6 is 0 Å². The zero-order chi connectivity index (χ0) is 11.2. The molecule has 1 N–H and O–H groups in total. The van der Waals surface area contributed by atoms with Crippen molar-refractivity contribution in [2.24, 2.45) is 5.92 Å². The van der Waals surface area contributed by atoms with Crippen molar-refractivity contribution in [3.8, 4) is 0 Å². The summed E-state index contributed by atoms with van der Waals surface area (Å²) in [5.41, 5.74) is 1.36. The topological polar surface area (TPSA) is 28.2 Å². The van der Waals surface area contributed by atoms with Gasteiger partial charge in [-0.3, -0.25) is 9.88 Å². The lowest BCUT2D eigenvalue weighted by atomic mass is 9.99. The van der Waals surface area contributed by atoms with Gasteiger partial charge in [-0.25, -0.2) is 0 Å². The molecule has 0 atom stereocenters. The second-order valence-electron chi connectivity index (χ2n) is 4.54. The summed E-state index contributed by atoms with van der Waals surface area (Å²) in [6, 6.07) is 4.21. The van der Waals surface area contributed by atoms with Crippen LogP contribution in [0, 0.1) is 5.92 Å². The lowest BCUT2D eigenvalue weighted by Gasteiger charge is -2.30. The van der Waals surface area contributed by atoms with E-state index in [1.54, 1.807) is 0 Å². The smallest absolute Gasteiger partial charge is 0.0271 e. The lowest BCUT2D eigenvalue weighted by Crippen LogP contribution is -2.43. The maximum atomic E-state index is 4.05. The highest BCUT2D eigenvalue weighted by Crippen LogP contribution is 2.11. The zero-order valence-electron chi connectivity index (χ0n) is 10.0. The van der Waals surface area contributed by atoms with Crippen molar-refractivity contribution >= 4 is 0 Å². The van der Waals surface area contributed by atoms with Crippen LogP contribution in [0.5, 0.6) is 0 Å². The molecule has 1 saturated heterocycles. The van der Waals surface area contributed by atoms with Gasteiger partial charge in [0, 0.05) is 18.9 Å². The maximum absolute atomic E-state index is 4.05. The van der Waals surface area contributed by atoms with Crippen molar-refractivity contribution in [1.29, 1.82) is 0 Å². The molecule has 0 saturated carbocycles. The fourth-order valence-corrected chi connectivity index (χ4v) is 2.01. The summed E-state index contributed by atoms with van der Waals surface area (Å²) in [6.07, 6.45) is 5.07. The summed E-state index contributed by atoms with van der Waals surface area (Å²) in [7, 11) is 0. The quantitative estimate of drug-likeness (QED) is 0.786. The van der Waals surface area contributed by atoms with E-state index in [1.165, 1.54) is 31.6 Å². The molecular formula is C13H21N3. The van der Waals surface area contributed by atoms with Gasteiger partial charge in [-0.05, 0) is 56.2 Å². The molecule has 88 valence electrons. The van der Waals surface area contributed by atoms with Crippen molar-refractivity contribution in [3.05, 3.63) is 30.1 Å². The van der Waals surface area contributed by atoms with E-state index < -0.39 is 0 Å². The van der Waals surface area contributed by atoms with E-state index >= 15 is 0 Å². The highest BCUT2D eigenvalue weighted by Gasteiger charge is 2.17. The Morgan fingerprint density at radius 2 is 2.12 bits per heavy atom. The van der Waals surface area contributed by atoms with Crippen molar-refractivity contribution in [2.75, 3.05) is 26.2 Å². The molecule has 0 spiro atoms. The normalized spacial score (nSPS) is 16.4. The summed E-state index contributed by atoms with van der Waals surface area (Å²) in [6.45, 7) is 8.06. The minimum atomic E-state index is 0.909. The van der Waals surface area contributed by atoms with Crippen LogP contribution in [-0.4, -0.2) is 36.1 Å². The summed E-state index contributed by atoms with van der Waals surface area (Å²) >= 11 is 0. The summed E-state index contributed by atoms with van der Waals surface area (Å²) in [5, 5.41) is 3.33. The summed E-state index contributed by atoms with van der Waals surface area (Å²) in [5.74, 6) is 0.909. The summed E-state index contributed by atoms with van der Waals surface area (Å²) < 4.78 is 0. The van der Waals surface area contributed by atoms with Crippen molar-refractivity contribution < 1.29 is 0 Å². The van der Waals surface area contributed by atoms with Crippen LogP contribution in [0.3, 0.4) is 0 Å². The molecule has 1 aliphatic heterocycles. The van der Waals surface area contributed by atoms with Crippen molar-refractivity contribution in [2.45, 2.75) is 19.9 Å². The van der Waals surface area contributed by atoms with E-state index in [9.17, 15) is 0 Å². The number of pyridine rings is 1. The van der Waals surface area contributed by atoms with Crippen LogP contribution in [0.15, 0.2) is 24.5 Å². The molecule has 3 heteroatoms. The van der Waals surface area contributed by atoms with Gasteiger partial charge in [-0.15, -0.1) is 0 Å². The van der Waals surface area contributed by atoms with Gasteiger partial charge >= 0.3 is 0 Å². The molecule has 3 nitrogen and oxygen atoms in total. The number of hydrogen-bond donors (Lipinski definition) is 1. The zero-order valence-corrected chi connectivity index (χ0v) is 10.0. The van der Waals surface area contributed by atoms with E-state index in [-0.39, 0.29) is 0 Å². The average Bonchev–Trinajstić information content (AvgIpc) is 2.27. The molecule has 1 fully saturated rings. The Kier molecular flexibility index (Phi) is 4.31. The predicted molar refractivity (Wildman–Crippen MR) is 66.2 cm³/mol. The van der Waals surface area contributed by atoms with Gasteiger partial charge in [-0.2, -0.15) is 0 Å². The molecule has 0 bridgehead atoms. The minimum absolute atomic E-state index is 0.909. The highest BCUT2D eigenvalue weighted by atomic mass is 15.1. The molecular weight excluding hydrogens is 198 g/mol. The van der Waals surface area contributed by atoms with Gasteiger partial charge in [0.1, 0.15) is 0 Å². The molecule has 1 aliphatic rings. The van der Waals surface area contributed by atoms with Gasteiger partial charge in [0.05, 0.1) is 0 Å².